The number of thioether (sulfide) groups is 1. The van der Waals surface area contributed by atoms with Gasteiger partial charge < -0.3 is 4.74 Å². The summed E-state index contributed by atoms with van der Waals surface area (Å²) in [5, 5.41) is 0. The highest BCUT2D eigenvalue weighted by molar-refractivity contribution is 14.1. The Hall–Kier alpha value is 0.0300. The van der Waals surface area contributed by atoms with Crippen LogP contribution in [-0.4, -0.2) is 13.4 Å². The van der Waals surface area contributed by atoms with Gasteiger partial charge >= 0.3 is 0 Å². The highest BCUT2D eigenvalue weighted by atomic mass is 127. The number of halogens is 2. The van der Waals surface area contributed by atoms with Crippen molar-refractivity contribution >= 4 is 34.4 Å². The quantitative estimate of drug-likeness (QED) is 0.613. The molecule has 0 heterocycles. The first-order chi connectivity index (χ1) is 5.70. The molecule has 1 rings (SSSR count). The molecule has 1 nitrogen and oxygen atoms in total. The second-order valence-electron chi connectivity index (χ2n) is 2.10. The molecule has 0 unspecified atom stereocenters. The van der Waals surface area contributed by atoms with Crippen LogP contribution in [0.5, 0.6) is 5.75 Å². The fourth-order valence-electron chi connectivity index (χ4n) is 0.859. The summed E-state index contributed by atoms with van der Waals surface area (Å²) in [6, 6.07) is 3.48. The number of rotatable bonds is 2. The van der Waals surface area contributed by atoms with Gasteiger partial charge in [0.2, 0.25) is 0 Å². The molecule has 0 aliphatic rings. The van der Waals surface area contributed by atoms with Gasteiger partial charge in [0.05, 0.1) is 12.0 Å². The van der Waals surface area contributed by atoms with Gasteiger partial charge in [0, 0.05) is 3.57 Å². The Kier molecular flexibility index (Phi) is 3.64. The summed E-state index contributed by atoms with van der Waals surface area (Å²) in [7, 11) is 1.47. The first-order valence-electron chi connectivity index (χ1n) is 3.26. The Morgan fingerprint density at radius 2 is 2.17 bits per heavy atom. The Balaban J connectivity index is 3.24. The van der Waals surface area contributed by atoms with Crippen molar-refractivity contribution in [1.82, 2.24) is 0 Å². The van der Waals surface area contributed by atoms with E-state index in [4.69, 9.17) is 4.74 Å². The number of benzene rings is 1. The SMILES string of the molecule is COc1ccc(I)c(SC)c1F. The maximum atomic E-state index is 13.4. The first kappa shape index (κ1) is 10.1. The van der Waals surface area contributed by atoms with E-state index >= 15 is 0 Å². The third kappa shape index (κ3) is 1.85. The molecule has 0 aliphatic carbocycles. The minimum absolute atomic E-state index is 0.267. The summed E-state index contributed by atoms with van der Waals surface area (Å²) < 4.78 is 19.1. The molecule has 0 saturated heterocycles. The molecule has 0 spiro atoms. The van der Waals surface area contributed by atoms with Crippen LogP contribution in [0, 0.1) is 9.39 Å². The highest BCUT2D eigenvalue weighted by Crippen LogP contribution is 2.31. The van der Waals surface area contributed by atoms with E-state index in [1.807, 2.05) is 12.3 Å². The zero-order valence-corrected chi connectivity index (χ0v) is 9.70. The van der Waals surface area contributed by atoms with Gasteiger partial charge in [-0.3, -0.25) is 0 Å². The molecule has 0 radical (unpaired) electrons. The highest BCUT2D eigenvalue weighted by Gasteiger charge is 2.10. The molecule has 0 saturated carbocycles. The van der Waals surface area contributed by atoms with Gasteiger partial charge in [-0.15, -0.1) is 11.8 Å². The van der Waals surface area contributed by atoms with E-state index in [0.29, 0.717) is 10.6 Å². The van der Waals surface area contributed by atoms with E-state index in [2.05, 4.69) is 22.6 Å². The molecular formula is C8H8FIOS. The molecule has 0 atom stereocenters. The summed E-state index contributed by atoms with van der Waals surface area (Å²) in [5.41, 5.74) is 0. The molecule has 12 heavy (non-hydrogen) atoms. The third-order valence-electron chi connectivity index (χ3n) is 1.44. The molecule has 4 heteroatoms. The lowest BCUT2D eigenvalue weighted by molar-refractivity contribution is 0.381. The van der Waals surface area contributed by atoms with Crippen molar-refractivity contribution in [2.75, 3.05) is 13.4 Å². The molecule has 66 valence electrons. The van der Waals surface area contributed by atoms with Crippen molar-refractivity contribution in [2.45, 2.75) is 4.90 Å². The van der Waals surface area contributed by atoms with Crippen LogP contribution < -0.4 is 4.74 Å². The fraction of sp³-hybridized carbons (Fsp3) is 0.250. The summed E-state index contributed by atoms with van der Waals surface area (Å²) in [5.74, 6) is 0.0386. The molecule has 0 N–H and O–H groups in total. The topological polar surface area (TPSA) is 9.23 Å². The molecule has 0 bridgehead atoms. The molecule has 0 fully saturated rings. The summed E-state index contributed by atoms with van der Waals surface area (Å²) in [6.07, 6.45) is 1.85. The van der Waals surface area contributed by atoms with Gasteiger partial charge in [0.1, 0.15) is 0 Å². The summed E-state index contributed by atoms with van der Waals surface area (Å²) in [4.78, 5) is 0.648. The van der Waals surface area contributed by atoms with Crippen molar-refractivity contribution in [3.63, 3.8) is 0 Å². The van der Waals surface area contributed by atoms with E-state index in [1.165, 1.54) is 18.9 Å². The smallest absolute Gasteiger partial charge is 0.179 e. The monoisotopic (exact) mass is 298 g/mol. The van der Waals surface area contributed by atoms with Gasteiger partial charge in [0.15, 0.2) is 11.6 Å². The maximum absolute atomic E-state index is 13.4. The lowest BCUT2D eigenvalue weighted by Gasteiger charge is -2.06. The van der Waals surface area contributed by atoms with Crippen LogP contribution in [0.25, 0.3) is 0 Å². The molecule has 0 aliphatic heterocycles. The third-order valence-corrected chi connectivity index (χ3v) is 3.51. The Labute approximate surface area is 88.8 Å². The lowest BCUT2D eigenvalue weighted by atomic mass is 10.3. The normalized spacial score (nSPS) is 10.0. The lowest BCUT2D eigenvalue weighted by Crippen LogP contribution is -1.92. The first-order valence-corrected chi connectivity index (χ1v) is 5.57. The van der Waals surface area contributed by atoms with E-state index in [-0.39, 0.29) is 5.82 Å². The Morgan fingerprint density at radius 3 is 2.67 bits per heavy atom. The van der Waals surface area contributed by atoms with Crippen LogP contribution in [0.3, 0.4) is 0 Å². The van der Waals surface area contributed by atoms with E-state index in [9.17, 15) is 4.39 Å². The average Bonchev–Trinajstić information content (AvgIpc) is 2.06. The van der Waals surface area contributed by atoms with E-state index in [0.717, 1.165) is 3.57 Å². The summed E-state index contributed by atoms with van der Waals surface area (Å²) in [6.45, 7) is 0. The van der Waals surface area contributed by atoms with E-state index in [1.54, 1.807) is 6.07 Å². The van der Waals surface area contributed by atoms with Crippen molar-refractivity contribution in [3.05, 3.63) is 21.5 Å². The van der Waals surface area contributed by atoms with Crippen LogP contribution in [0.2, 0.25) is 0 Å². The fourth-order valence-corrected chi connectivity index (χ4v) is 2.48. The number of methoxy groups -OCH3 is 1. The zero-order valence-electron chi connectivity index (χ0n) is 6.73. The standard InChI is InChI=1S/C8H8FIOS/c1-11-6-4-3-5(10)8(12-2)7(6)9/h3-4H,1-2H3. The van der Waals surface area contributed by atoms with Gasteiger partial charge in [-0.05, 0) is 41.0 Å². The second-order valence-corrected chi connectivity index (χ2v) is 4.08. The minimum atomic E-state index is -0.267. The van der Waals surface area contributed by atoms with Gasteiger partial charge in [-0.1, -0.05) is 0 Å². The van der Waals surface area contributed by atoms with Gasteiger partial charge in [0.25, 0.3) is 0 Å². The summed E-state index contributed by atoms with van der Waals surface area (Å²) >= 11 is 3.49. The predicted molar refractivity (Wildman–Crippen MR) is 57.5 cm³/mol. The number of ether oxygens (including phenoxy) is 1. The average molecular weight is 298 g/mol. The maximum Gasteiger partial charge on any atom is 0.179 e. The Bertz CT molecular complexity index is 291. The van der Waals surface area contributed by atoms with Crippen molar-refractivity contribution in [1.29, 1.82) is 0 Å². The molecule has 0 aromatic heterocycles. The van der Waals surface area contributed by atoms with Crippen LogP contribution in [0.4, 0.5) is 4.39 Å². The van der Waals surface area contributed by atoms with Crippen LogP contribution in [0.15, 0.2) is 17.0 Å². The number of hydrogen-bond donors (Lipinski definition) is 0. The van der Waals surface area contributed by atoms with Crippen LogP contribution in [0.1, 0.15) is 0 Å². The molecule has 1 aromatic carbocycles. The van der Waals surface area contributed by atoms with Crippen molar-refractivity contribution < 1.29 is 9.13 Å². The van der Waals surface area contributed by atoms with Crippen molar-refractivity contribution in [2.24, 2.45) is 0 Å². The van der Waals surface area contributed by atoms with Crippen LogP contribution >= 0.6 is 34.4 Å². The van der Waals surface area contributed by atoms with Crippen LogP contribution in [-0.2, 0) is 0 Å². The molecule has 1 aromatic rings. The molecule has 0 amide bonds. The van der Waals surface area contributed by atoms with Gasteiger partial charge in [-0.2, -0.15) is 0 Å². The second kappa shape index (κ2) is 4.32. The predicted octanol–water partition coefficient (Wildman–Crippen LogP) is 3.16. The number of hydrogen-bond acceptors (Lipinski definition) is 2. The van der Waals surface area contributed by atoms with E-state index < -0.39 is 0 Å². The molecular weight excluding hydrogens is 290 g/mol. The zero-order chi connectivity index (χ0) is 9.14. The van der Waals surface area contributed by atoms with Gasteiger partial charge in [-0.25, -0.2) is 4.39 Å². The minimum Gasteiger partial charge on any atom is -0.494 e. The Morgan fingerprint density at radius 1 is 1.50 bits per heavy atom. The largest absolute Gasteiger partial charge is 0.494 e. The van der Waals surface area contributed by atoms with Crippen molar-refractivity contribution in [3.8, 4) is 5.75 Å².